The molecule has 122 valence electrons. The Balaban J connectivity index is 1.73. The number of aryl methyl sites for hydroxylation is 1. The van der Waals surface area contributed by atoms with Crippen molar-refractivity contribution in [3.63, 3.8) is 0 Å². The summed E-state index contributed by atoms with van der Waals surface area (Å²) in [5.41, 5.74) is 0.379. The Labute approximate surface area is 133 Å². The van der Waals surface area contributed by atoms with Gasteiger partial charge in [0, 0.05) is 13.0 Å². The van der Waals surface area contributed by atoms with Crippen LogP contribution >= 0.6 is 0 Å². The molecule has 1 aromatic heterocycles. The summed E-state index contributed by atoms with van der Waals surface area (Å²) in [6.45, 7) is 2.98. The Bertz CT molecular complexity index is 763. The van der Waals surface area contributed by atoms with Crippen LogP contribution in [0.25, 0.3) is 0 Å². The van der Waals surface area contributed by atoms with Crippen molar-refractivity contribution in [3.8, 4) is 5.75 Å². The normalized spacial score (nSPS) is 13.4. The Morgan fingerprint density at radius 2 is 2.17 bits per heavy atom. The van der Waals surface area contributed by atoms with E-state index in [1.165, 1.54) is 4.68 Å². The molecule has 0 bridgehead atoms. The molecule has 23 heavy (non-hydrogen) atoms. The molecule has 0 radical (unpaired) electrons. The molecule has 3 rings (SSSR count). The van der Waals surface area contributed by atoms with Gasteiger partial charge in [-0.3, -0.25) is 9.36 Å². The highest BCUT2D eigenvalue weighted by Gasteiger charge is 2.18. The molecule has 0 aliphatic carbocycles. The van der Waals surface area contributed by atoms with Crippen molar-refractivity contribution in [1.82, 2.24) is 14.3 Å². The van der Waals surface area contributed by atoms with E-state index in [1.54, 1.807) is 16.7 Å². The molecule has 0 unspecified atom stereocenters. The van der Waals surface area contributed by atoms with Crippen molar-refractivity contribution in [2.45, 2.75) is 39.3 Å². The van der Waals surface area contributed by atoms with E-state index in [4.69, 9.17) is 4.74 Å². The van der Waals surface area contributed by atoms with Crippen molar-refractivity contribution in [3.05, 3.63) is 40.6 Å². The van der Waals surface area contributed by atoms with Crippen LogP contribution < -0.4 is 15.7 Å². The lowest BCUT2D eigenvalue weighted by Gasteiger charge is -2.10. The number of benzene rings is 1. The number of nitrogens with one attached hydrogen (secondary N) is 1. The minimum Gasteiger partial charge on any atom is -0.492 e. The molecule has 0 atom stereocenters. The molecule has 7 heteroatoms. The predicted octanol–water partition coefficient (Wildman–Crippen LogP) is 1.42. The second kappa shape index (κ2) is 6.68. The lowest BCUT2D eigenvalue weighted by Crippen LogP contribution is -2.31. The maximum atomic E-state index is 12.2. The third-order valence-electron chi connectivity index (χ3n) is 3.79. The first kappa shape index (κ1) is 15.3. The van der Waals surface area contributed by atoms with Gasteiger partial charge in [-0.2, -0.15) is 5.10 Å². The van der Waals surface area contributed by atoms with Crippen LogP contribution in [0.4, 0.5) is 5.69 Å². The number of ether oxygens (including phenoxy) is 1. The van der Waals surface area contributed by atoms with Crippen molar-refractivity contribution in [2.75, 3.05) is 11.9 Å². The maximum Gasteiger partial charge on any atom is 0.346 e. The molecule has 2 aromatic rings. The topological polar surface area (TPSA) is 78.2 Å². The summed E-state index contributed by atoms with van der Waals surface area (Å²) in [4.78, 5) is 24.5. The van der Waals surface area contributed by atoms with Crippen LogP contribution in [0.15, 0.2) is 29.1 Å². The number of rotatable bonds is 5. The second-order valence-electron chi connectivity index (χ2n) is 5.44. The van der Waals surface area contributed by atoms with E-state index in [2.05, 4.69) is 10.4 Å². The number of nitrogens with zero attached hydrogens (tertiary/aromatic N) is 3. The number of aromatic nitrogens is 3. The van der Waals surface area contributed by atoms with E-state index in [9.17, 15) is 9.59 Å². The number of carbonyl (C=O) groups excluding carboxylic acids is 1. The van der Waals surface area contributed by atoms with Crippen molar-refractivity contribution in [2.24, 2.45) is 0 Å². The largest absolute Gasteiger partial charge is 0.492 e. The molecule has 0 fully saturated rings. The molecule has 1 aliphatic rings. The van der Waals surface area contributed by atoms with E-state index in [1.807, 2.05) is 19.1 Å². The number of para-hydroxylation sites is 2. The summed E-state index contributed by atoms with van der Waals surface area (Å²) in [7, 11) is 0. The molecule has 2 heterocycles. The van der Waals surface area contributed by atoms with Crippen LogP contribution in [0.1, 0.15) is 25.6 Å². The number of hydrogen-bond acceptors (Lipinski definition) is 4. The van der Waals surface area contributed by atoms with Crippen LogP contribution in [0.5, 0.6) is 5.75 Å². The van der Waals surface area contributed by atoms with Gasteiger partial charge in [0.15, 0.2) is 0 Å². The second-order valence-corrected chi connectivity index (χ2v) is 5.44. The van der Waals surface area contributed by atoms with E-state index in [0.29, 0.717) is 24.6 Å². The lowest BCUT2D eigenvalue weighted by molar-refractivity contribution is -0.117. The van der Waals surface area contributed by atoms with Gasteiger partial charge in [0.05, 0.1) is 12.3 Å². The monoisotopic (exact) mass is 316 g/mol. The fourth-order valence-electron chi connectivity index (χ4n) is 2.73. The Morgan fingerprint density at radius 1 is 1.35 bits per heavy atom. The highest BCUT2D eigenvalue weighted by molar-refractivity contribution is 5.92. The molecule has 1 aliphatic heterocycles. The first-order chi connectivity index (χ1) is 11.2. The van der Waals surface area contributed by atoms with Crippen molar-refractivity contribution >= 4 is 11.6 Å². The molecule has 7 nitrogen and oxygen atoms in total. The fraction of sp³-hybridized carbons (Fsp3) is 0.438. The van der Waals surface area contributed by atoms with Crippen LogP contribution in [-0.4, -0.2) is 26.9 Å². The summed E-state index contributed by atoms with van der Waals surface area (Å²) < 4.78 is 8.37. The number of carbonyl (C=O) groups is 1. The molecule has 0 spiro atoms. The molecule has 0 saturated heterocycles. The zero-order valence-electron chi connectivity index (χ0n) is 13.1. The van der Waals surface area contributed by atoms with E-state index < -0.39 is 0 Å². The summed E-state index contributed by atoms with van der Waals surface area (Å²) in [5.74, 6) is 1.08. The van der Waals surface area contributed by atoms with Gasteiger partial charge in [0.25, 0.3) is 0 Å². The van der Waals surface area contributed by atoms with E-state index >= 15 is 0 Å². The van der Waals surface area contributed by atoms with E-state index in [0.717, 1.165) is 25.1 Å². The van der Waals surface area contributed by atoms with Crippen molar-refractivity contribution < 1.29 is 9.53 Å². The van der Waals surface area contributed by atoms with Crippen molar-refractivity contribution in [1.29, 1.82) is 0 Å². The number of amides is 1. The maximum absolute atomic E-state index is 12.2. The van der Waals surface area contributed by atoms with E-state index in [-0.39, 0.29) is 18.1 Å². The van der Waals surface area contributed by atoms with Crippen LogP contribution in [0.3, 0.4) is 0 Å². The molecule has 0 saturated carbocycles. The highest BCUT2D eigenvalue weighted by atomic mass is 16.5. The number of anilines is 1. The third kappa shape index (κ3) is 3.28. The van der Waals surface area contributed by atoms with Gasteiger partial charge in [-0.1, -0.05) is 12.1 Å². The first-order valence-electron chi connectivity index (χ1n) is 7.87. The molecular formula is C16H20N4O3. The smallest absolute Gasteiger partial charge is 0.346 e. The molecule has 1 N–H and O–H groups in total. The third-order valence-corrected chi connectivity index (χ3v) is 3.79. The average Bonchev–Trinajstić information content (AvgIpc) is 2.86. The summed E-state index contributed by atoms with van der Waals surface area (Å²) >= 11 is 0. The lowest BCUT2D eigenvalue weighted by atomic mass is 10.2. The summed E-state index contributed by atoms with van der Waals surface area (Å²) in [5, 5.41) is 7.04. The highest BCUT2D eigenvalue weighted by Crippen LogP contribution is 2.23. The number of fused-ring (bicyclic) bond motifs is 1. The van der Waals surface area contributed by atoms with Gasteiger partial charge in [-0.15, -0.1) is 0 Å². The first-order valence-corrected chi connectivity index (χ1v) is 7.87. The van der Waals surface area contributed by atoms with Crippen LogP contribution in [0, 0.1) is 0 Å². The predicted molar refractivity (Wildman–Crippen MR) is 85.7 cm³/mol. The Kier molecular flexibility index (Phi) is 4.45. The Hall–Kier alpha value is -2.57. The van der Waals surface area contributed by atoms with Crippen LogP contribution in [0.2, 0.25) is 0 Å². The van der Waals surface area contributed by atoms with Crippen LogP contribution in [-0.2, 0) is 24.3 Å². The standard InChI is InChI=1S/C16H20N4O3/c1-2-23-13-8-4-3-7-12(13)17-15(21)11-20-16(22)19-10-6-5-9-14(19)18-20/h3-4,7-8H,2,5-6,9-11H2,1H3,(H,17,21). The fourth-order valence-corrected chi connectivity index (χ4v) is 2.73. The molecular weight excluding hydrogens is 296 g/mol. The average molecular weight is 316 g/mol. The summed E-state index contributed by atoms with van der Waals surface area (Å²) in [6.07, 6.45) is 2.80. The zero-order chi connectivity index (χ0) is 16.2. The van der Waals surface area contributed by atoms with Gasteiger partial charge in [0.1, 0.15) is 18.1 Å². The summed E-state index contributed by atoms with van der Waals surface area (Å²) in [6, 6.07) is 7.22. The zero-order valence-corrected chi connectivity index (χ0v) is 13.1. The molecule has 1 aromatic carbocycles. The van der Waals surface area contributed by atoms with Gasteiger partial charge < -0.3 is 10.1 Å². The minimum atomic E-state index is -0.297. The SMILES string of the molecule is CCOc1ccccc1NC(=O)Cn1nc2n(c1=O)CCCC2. The van der Waals surface area contributed by atoms with Gasteiger partial charge in [-0.25, -0.2) is 9.48 Å². The van der Waals surface area contributed by atoms with Gasteiger partial charge in [0.2, 0.25) is 5.91 Å². The molecule has 1 amide bonds. The minimum absolute atomic E-state index is 0.0979. The number of hydrogen-bond donors (Lipinski definition) is 1. The Morgan fingerprint density at radius 3 is 2.96 bits per heavy atom. The van der Waals surface area contributed by atoms with Gasteiger partial charge in [-0.05, 0) is 31.9 Å². The van der Waals surface area contributed by atoms with Gasteiger partial charge >= 0.3 is 5.69 Å². The quantitative estimate of drug-likeness (QED) is 0.905.